The SMILES string of the molecule is O=C(c1cccc(F)c1F)N1CCC(CCO)C1. The van der Waals surface area contributed by atoms with Gasteiger partial charge in [-0.25, -0.2) is 8.78 Å². The number of amides is 1. The van der Waals surface area contributed by atoms with Gasteiger partial charge >= 0.3 is 0 Å². The number of benzene rings is 1. The second-order valence-electron chi connectivity index (χ2n) is 4.52. The summed E-state index contributed by atoms with van der Waals surface area (Å²) in [5.74, 6) is -2.33. The molecule has 1 aromatic rings. The van der Waals surface area contributed by atoms with Crippen LogP contribution < -0.4 is 0 Å². The van der Waals surface area contributed by atoms with Crippen LogP contribution in [0.15, 0.2) is 18.2 Å². The minimum absolute atomic E-state index is 0.0843. The number of likely N-dealkylation sites (tertiary alicyclic amines) is 1. The van der Waals surface area contributed by atoms with Gasteiger partial charge in [0.15, 0.2) is 11.6 Å². The zero-order valence-corrected chi connectivity index (χ0v) is 9.90. The second kappa shape index (κ2) is 5.44. The molecule has 1 fully saturated rings. The average molecular weight is 255 g/mol. The monoisotopic (exact) mass is 255 g/mol. The maximum atomic E-state index is 13.5. The minimum Gasteiger partial charge on any atom is -0.396 e. The summed E-state index contributed by atoms with van der Waals surface area (Å²) in [5, 5.41) is 8.84. The highest BCUT2D eigenvalue weighted by Gasteiger charge is 2.28. The number of halogens is 2. The van der Waals surface area contributed by atoms with E-state index in [1.54, 1.807) is 0 Å². The van der Waals surface area contributed by atoms with E-state index in [0.29, 0.717) is 19.5 Å². The van der Waals surface area contributed by atoms with Crippen molar-refractivity contribution in [2.75, 3.05) is 19.7 Å². The zero-order valence-electron chi connectivity index (χ0n) is 9.90. The summed E-state index contributed by atoms with van der Waals surface area (Å²) < 4.78 is 26.5. The first-order valence-corrected chi connectivity index (χ1v) is 5.97. The Balaban J connectivity index is 2.11. The Kier molecular flexibility index (Phi) is 3.91. The standard InChI is InChI=1S/C13H15F2NO2/c14-11-3-1-2-10(12(11)15)13(18)16-6-4-9(8-16)5-7-17/h1-3,9,17H,4-8H2. The van der Waals surface area contributed by atoms with Gasteiger partial charge in [0.1, 0.15) is 0 Å². The van der Waals surface area contributed by atoms with Gasteiger partial charge in [-0.2, -0.15) is 0 Å². The lowest BCUT2D eigenvalue weighted by atomic mass is 10.1. The molecular formula is C13H15F2NO2. The quantitative estimate of drug-likeness (QED) is 0.894. The van der Waals surface area contributed by atoms with E-state index < -0.39 is 17.5 Å². The van der Waals surface area contributed by atoms with Crippen molar-refractivity contribution < 1.29 is 18.7 Å². The maximum Gasteiger partial charge on any atom is 0.256 e. The number of carbonyl (C=O) groups is 1. The molecule has 5 heteroatoms. The highest BCUT2D eigenvalue weighted by Crippen LogP contribution is 2.22. The lowest BCUT2D eigenvalue weighted by Crippen LogP contribution is -2.29. The van der Waals surface area contributed by atoms with Gasteiger partial charge in [-0.05, 0) is 30.9 Å². The molecule has 1 aliphatic heterocycles. The topological polar surface area (TPSA) is 40.5 Å². The number of hydrogen-bond donors (Lipinski definition) is 1. The van der Waals surface area contributed by atoms with Crippen molar-refractivity contribution in [3.05, 3.63) is 35.4 Å². The fourth-order valence-electron chi connectivity index (χ4n) is 2.27. The van der Waals surface area contributed by atoms with Crippen LogP contribution in [0.4, 0.5) is 8.78 Å². The largest absolute Gasteiger partial charge is 0.396 e. The van der Waals surface area contributed by atoms with Crippen LogP contribution in [0.3, 0.4) is 0 Å². The maximum absolute atomic E-state index is 13.5. The molecule has 1 aromatic carbocycles. The molecule has 0 aromatic heterocycles. The van der Waals surface area contributed by atoms with Crippen LogP contribution >= 0.6 is 0 Å². The summed E-state index contributed by atoms with van der Waals surface area (Å²) >= 11 is 0. The Morgan fingerprint density at radius 1 is 1.44 bits per heavy atom. The smallest absolute Gasteiger partial charge is 0.256 e. The van der Waals surface area contributed by atoms with Crippen LogP contribution in [0, 0.1) is 17.6 Å². The lowest BCUT2D eigenvalue weighted by molar-refractivity contribution is 0.0779. The van der Waals surface area contributed by atoms with Crippen molar-refractivity contribution in [2.24, 2.45) is 5.92 Å². The molecule has 1 heterocycles. The van der Waals surface area contributed by atoms with Gasteiger partial charge in [-0.15, -0.1) is 0 Å². The first-order chi connectivity index (χ1) is 8.63. The van der Waals surface area contributed by atoms with Crippen molar-refractivity contribution >= 4 is 5.91 Å². The zero-order chi connectivity index (χ0) is 13.1. The summed E-state index contributed by atoms with van der Waals surface area (Å²) in [6, 6.07) is 3.61. The van der Waals surface area contributed by atoms with E-state index in [-0.39, 0.29) is 18.1 Å². The van der Waals surface area contributed by atoms with Crippen LogP contribution in [-0.4, -0.2) is 35.6 Å². The molecule has 1 saturated heterocycles. The normalized spacial score (nSPS) is 19.3. The number of rotatable bonds is 3. The first kappa shape index (κ1) is 13.0. The van der Waals surface area contributed by atoms with Gasteiger partial charge in [-0.3, -0.25) is 4.79 Å². The van der Waals surface area contributed by atoms with Gasteiger partial charge in [0, 0.05) is 19.7 Å². The molecular weight excluding hydrogens is 240 g/mol. The summed E-state index contributed by atoms with van der Waals surface area (Å²) in [7, 11) is 0. The van der Waals surface area contributed by atoms with Gasteiger partial charge in [0.2, 0.25) is 0 Å². The Morgan fingerprint density at radius 3 is 2.94 bits per heavy atom. The van der Waals surface area contributed by atoms with Gasteiger partial charge < -0.3 is 10.0 Å². The van der Waals surface area contributed by atoms with Crippen molar-refractivity contribution in [3.8, 4) is 0 Å². The third kappa shape index (κ3) is 2.51. The predicted molar refractivity (Wildman–Crippen MR) is 62.1 cm³/mol. The molecule has 1 atom stereocenters. The number of aliphatic hydroxyl groups is 1. The Bertz CT molecular complexity index is 451. The third-order valence-electron chi connectivity index (χ3n) is 3.29. The molecule has 0 aliphatic carbocycles. The van der Waals surface area contributed by atoms with E-state index in [1.807, 2.05) is 0 Å². The molecule has 0 saturated carbocycles. The van der Waals surface area contributed by atoms with E-state index >= 15 is 0 Å². The van der Waals surface area contributed by atoms with E-state index in [1.165, 1.54) is 17.0 Å². The molecule has 98 valence electrons. The van der Waals surface area contributed by atoms with Crippen LogP contribution in [0.2, 0.25) is 0 Å². The number of hydrogen-bond acceptors (Lipinski definition) is 2. The molecule has 1 aliphatic rings. The van der Waals surface area contributed by atoms with E-state index in [2.05, 4.69) is 0 Å². The van der Waals surface area contributed by atoms with E-state index in [4.69, 9.17) is 5.11 Å². The van der Waals surface area contributed by atoms with Crippen LogP contribution in [0.5, 0.6) is 0 Å². The Labute approximate surface area is 104 Å². The Hall–Kier alpha value is -1.49. The molecule has 0 bridgehead atoms. The van der Waals surface area contributed by atoms with Crippen LogP contribution in [-0.2, 0) is 0 Å². The summed E-state index contributed by atoms with van der Waals surface area (Å²) in [4.78, 5) is 13.5. The predicted octanol–water partition coefficient (Wildman–Crippen LogP) is 1.81. The average Bonchev–Trinajstić information content (AvgIpc) is 2.81. The highest BCUT2D eigenvalue weighted by atomic mass is 19.2. The van der Waals surface area contributed by atoms with Crippen LogP contribution in [0.1, 0.15) is 23.2 Å². The van der Waals surface area contributed by atoms with Crippen molar-refractivity contribution in [1.29, 1.82) is 0 Å². The molecule has 1 unspecified atom stereocenters. The fourth-order valence-corrected chi connectivity index (χ4v) is 2.27. The molecule has 0 spiro atoms. The van der Waals surface area contributed by atoms with Crippen molar-refractivity contribution in [3.63, 3.8) is 0 Å². The van der Waals surface area contributed by atoms with Gasteiger partial charge in [0.05, 0.1) is 5.56 Å². The van der Waals surface area contributed by atoms with E-state index in [0.717, 1.165) is 12.5 Å². The van der Waals surface area contributed by atoms with Gasteiger partial charge in [0.25, 0.3) is 5.91 Å². The molecule has 18 heavy (non-hydrogen) atoms. The van der Waals surface area contributed by atoms with Crippen molar-refractivity contribution in [1.82, 2.24) is 4.90 Å². The first-order valence-electron chi connectivity index (χ1n) is 5.97. The van der Waals surface area contributed by atoms with Crippen molar-refractivity contribution in [2.45, 2.75) is 12.8 Å². The molecule has 1 amide bonds. The number of nitrogens with zero attached hydrogens (tertiary/aromatic N) is 1. The van der Waals surface area contributed by atoms with Gasteiger partial charge in [-0.1, -0.05) is 6.07 Å². The lowest BCUT2D eigenvalue weighted by Gasteiger charge is -2.16. The number of aliphatic hydroxyl groups excluding tert-OH is 1. The molecule has 2 rings (SSSR count). The number of carbonyl (C=O) groups excluding carboxylic acids is 1. The van der Waals surface area contributed by atoms with E-state index in [9.17, 15) is 13.6 Å². The fraction of sp³-hybridized carbons (Fsp3) is 0.462. The second-order valence-corrected chi connectivity index (χ2v) is 4.52. The van der Waals surface area contributed by atoms with Crippen LogP contribution in [0.25, 0.3) is 0 Å². The molecule has 3 nitrogen and oxygen atoms in total. The third-order valence-corrected chi connectivity index (χ3v) is 3.29. The Morgan fingerprint density at radius 2 is 2.22 bits per heavy atom. The summed E-state index contributed by atoms with van der Waals surface area (Å²) in [6.45, 7) is 1.11. The molecule has 1 N–H and O–H groups in total. The summed E-state index contributed by atoms with van der Waals surface area (Å²) in [5.41, 5.74) is -0.223. The minimum atomic E-state index is -1.09. The summed E-state index contributed by atoms with van der Waals surface area (Å²) in [6.07, 6.45) is 1.43. The molecule has 0 radical (unpaired) electrons. The highest BCUT2D eigenvalue weighted by molar-refractivity contribution is 5.94.